The Labute approximate surface area is 124 Å². The van der Waals surface area contributed by atoms with Gasteiger partial charge in [-0.1, -0.05) is 19.8 Å². The van der Waals surface area contributed by atoms with Crippen molar-refractivity contribution in [1.29, 1.82) is 0 Å². The smallest absolute Gasteiger partial charge is 0.258 e. The molecule has 1 heterocycles. The lowest BCUT2D eigenvalue weighted by Crippen LogP contribution is -2.43. The molecule has 0 spiro atoms. The maximum absolute atomic E-state index is 12.0. The number of carbonyl (C=O) groups excluding carboxylic acids is 1. The molecule has 1 amide bonds. The summed E-state index contributed by atoms with van der Waals surface area (Å²) in [5, 5.41) is 3.07. The maximum atomic E-state index is 12.0. The summed E-state index contributed by atoms with van der Waals surface area (Å²) in [5.41, 5.74) is 0. The number of carbonyl (C=O) groups is 1. The molecule has 114 valence electrons. The summed E-state index contributed by atoms with van der Waals surface area (Å²) in [5.74, 6) is 2.47. The molecular weight excluding hydrogens is 270 g/mol. The number of ether oxygens (including phenoxy) is 3. The molecule has 1 N–H and O–H groups in total. The van der Waals surface area contributed by atoms with E-state index in [2.05, 4.69) is 12.2 Å². The molecule has 0 unspecified atom stereocenters. The molecular formula is C16H21NO4. The monoisotopic (exact) mass is 291 g/mol. The van der Waals surface area contributed by atoms with Crippen molar-refractivity contribution in [3.63, 3.8) is 0 Å². The number of hydrogen-bond acceptors (Lipinski definition) is 4. The van der Waals surface area contributed by atoms with Crippen LogP contribution in [0.3, 0.4) is 0 Å². The molecule has 5 heteroatoms. The average molecular weight is 291 g/mol. The topological polar surface area (TPSA) is 56.8 Å². The minimum atomic E-state index is -0.0635. The standard InChI is InChI=1S/C16H21NO4/c1-11-4-2-3-5-13(11)17-16(18)9-19-12-6-7-14-15(8-12)21-10-20-14/h6-8,11,13H,2-5,9-10H2,1H3,(H,17,18)/t11-,13-/m1/s1. The highest BCUT2D eigenvalue weighted by molar-refractivity contribution is 5.77. The Balaban J connectivity index is 1.49. The van der Waals surface area contributed by atoms with Gasteiger partial charge in [-0.2, -0.15) is 0 Å². The molecule has 21 heavy (non-hydrogen) atoms. The van der Waals surface area contributed by atoms with Crippen LogP contribution in [0.25, 0.3) is 0 Å². The van der Waals surface area contributed by atoms with Gasteiger partial charge in [-0.05, 0) is 30.9 Å². The summed E-state index contributed by atoms with van der Waals surface area (Å²) in [6.45, 7) is 2.46. The molecule has 3 rings (SSSR count). The minimum absolute atomic E-state index is 0.0306. The zero-order chi connectivity index (χ0) is 14.7. The van der Waals surface area contributed by atoms with Crippen molar-refractivity contribution in [1.82, 2.24) is 5.32 Å². The van der Waals surface area contributed by atoms with Crippen molar-refractivity contribution in [3.8, 4) is 17.2 Å². The first-order valence-electron chi connectivity index (χ1n) is 7.54. The number of rotatable bonds is 4. The lowest BCUT2D eigenvalue weighted by molar-refractivity contribution is -0.124. The third-order valence-electron chi connectivity index (χ3n) is 4.17. The second-order valence-electron chi connectivity index (χ2n) is 5.74. The Hall–Kier alpha value is -1.91. The van der Waals surface area contributed by atoms with Crippen LogP contribution in [0.4, 0.5) is 0 Å². The van der Waals surface area contributed by atoms with E-state index in [1.165, 1.54) is 19.3 Å². The van der Waals surface area contributed by atoms with Gasteiger partial charge in [0.15, 0.2) is 18.1 Å². The van der Waals surface area contributed by atoms with E-state index in [-0.39, 0.29) is 25.3 Å². The fraction of sp³-hybridized carbons (Fsp3) is 0.562. The molecule has 0 bridgehead atoms. The Morgan fingerprint density at radius 3 is 2.95 bits per heavy atom. The van der Waals surface area contributed by atoms with E-state index in [1.54, 1.807) is 18.2 Å². The highest BCUT2D eigenvalue weighted by atomic mass is 16.7. The minimum Gasteiger partial charge on any atom is -0.484 e. The van der Waals surface area contributed by atoms with Gasteiger partial charge in [-0.25, -0.2) is 0 Å². The molecule has 1 aliphatic carbocycles. The quantitative estimate of drug-likeness (QED) is 0.926. The Kier molecular flexibility index (Phi) is 4.18. The summed E-state index contributed by atoms with van der Waals surface area (Å²) < 4.78 is 16.0. The number of hydrogen-bond donors (Lipinski definition) is 1. The predicted molar refractivity (Wildman–Crippen MR) is 77.6 cm³/mol. The van der Waals surface area contributed by atoms with E-state index < -0.39 is 0 Å². The normalized spacial score (nSPS) is 23.7. The third kappa shape index (κ3) is 3.40. The molecule has 0 saturated heterocycles. The Morgan fingerprint density at radius 2 is 2.10 bits per heavy atom. The fourth-order valence-corrected chi connectivity index (χ4v) is 2.89. The van der Waals surface area contributed by atoms with Crippen LogP contribution in [0, 0.1) is 5.92 Å². The number of fused-ring (bicyclic) bond motifs is 1. The second kappa shape index (κ2) is 6.24. The van der Waals surface area contributed by atoms with Gasteiger partial charge in [-0.15, -0.1) is 0 Å². The van der Waals surface area contributed by atoms with Crippen molar-refractivity contribution >= 4 is 5.91 Å². The molecule has 2 aliphatic rings. The first kappa shape index (κ1) is 14.0. The highest BCUT2D eigenvalue weighted by Crippen LogP contribution is 2.35. The SMILES string of the molecule is C[C@@H]1CCCC[C@H]1NC(=O)COc1ccc2c(c1)OCO2. The van der Waals surface area contributed by atoms with Gasteiger partial charge in [-0.3, -0.25) is 4.79 Å². The van der Waals surface area contributed by atoms with Crippen LogP contribution in [0.5, 0.6) is 17.2 Å². The molecule has 0 radical (unpaired) electrons. The van der Waals surface area contributed by atoms with Crippen molar-refractivity contribution in [2.24, 2.45) is 5.92 Å². The summed E-state index contributed by atoms with van der Waals surface area (Å²) in [6, 6.07) is 5.60. The molecule has 1 aromatic carbocycles. The molecule has 5 nitrogen and oxygen atoms in total. The van der Waals surface area contributed by atoms with E-state index in [9.17, 15) is 4.79 Å². The van der Waals surface area contributed by atoms with Crippen molar-refractivity contribution in [2.45, 2.75) is 38.6 Å². The highest BCUT2D eigenvalue weighted by Gasteiger charge is 2.23. The van der Waals surface area contributed by atoms with Gasteiger partial charge in [0.25, 0.3) is 5.91 Å². The van der Waals surface area contributed by atoms with E-state index in [0.717, 1.165) is 6.42 Å². The largest absolute Gasteiger partial charge is 0.484 e. The lowest BCUT2D eigenvalue weighted by Gasteiger charge is -2.29. The third-order valence-corrected chi connectivity index (χ3v) is 4.17. The van der Waals surface area contributed by atoms with E-state index in [4.69, 9.17) is 14.2 Å². The maximum Gasteiger partial charge on any atom is 0.258 e. The van der Waals surface area contributed by atoms with E-state index >= 15 is 0 Å². The Morgan fingerprint density at radius 1 is 1.29 bits per heavy atom. The molecule has 1 aromatic rings. The van der Waals surface area contributed by atoms with E-state index in [1.807, 2.05) is 0 Å². The summed E-state index contributed by atoms with van der Waals surface area (Å²) in [4.78, 5) is 12.0. The average Bonchev–Trinajstić information content (AvgIpc) is 2.95. The second-order valence-corrected chi connectivity index (χ2v) is 5.74. The predicted octanol–water partition coefficient (Wildman–Crippen LogP) is 2.49. The number of amides is 1. The first-order valence-corrected chi connectivity index (χ1v) is 7.54. The Bertz CT molecular complexity index is 517. The molecule has 1 saturated carbocycles. The van der Waals surface area contributed by atoms with Crippen molar-refractivity contribution < 1.29 is 19.0 Å². The fourth-order valence-electron chi connectivity index (χ4n) is 2.89. The summed E-state index contributed by atoms with van der Waals surface area (Å²) >= 11 is 0. The van der Waals surface area contributed by atoms with Gasteiger partial charge in [0.2, 0.25) is 6.79 Å². The van der Waals surface area contributed by atoms with Crippen LogP contribution < -0.4 is 19.5 Å². The molecule has 0 aromatic heterocycles. The van der Waals surface area contributed by atoms with Crippen LogP contribution in [0.2, 0.25) is 0 Å². The van der Waals surface area contributed by atoms with Crippen LogP contribution in [-0.4, -0.2) is 25.3 Å². The van der Waals surface area contributed by atoms with Crippen LogP contribution in [0.15, 0.2) is 18.2 Å². The van der Waals surface area contributed by atoms with Crippen molar-refractivity contribution in [3.05, 3.63) is 18.2 Å². The van der Waals surface area contributed by atoms with Gasteiger partial charge in [0, 0.05) is 12.1 Å². The molecule has 2 atom stereocenters. The first-order chi connectivity index (χ1) is 10.2. The number of nitrogens with one attached hydrogen (secondary N) is 1. The van der Waals surface area contributed by atoms with Crippen LogP contribution in [-0.2, 0) is 4.79 Å². The zero-order valence-electron chi connectivity index (χ0n) is 12.3. The lowest BCUT2D eigenvalue weighted by atomic mass is 9.86. The number of benzene rings is 1. The zero-order valence-corrected chi connectivity index (χ0v) is 12.3. The van der Waals surface area contributed by atoms with E-state index in [0.29, 0.717) is 23.2 Å². The van der Waals surface area contributed by atoms with Crippen LogP contribution >= 0.6 is 0 Å². The van der Waals surface area contributed by atoms with Gasteiger partial charge in [0.05, 0.1) is 0 Å². The summed E-state index contributed by atoms with van der Waals surface area (Å²) in [7, 11) is 0. The van der Waals surface area contributed by atoms with Crippen LogP contribution in [0.1, 0.15) is 32.6 Å². The summed E-state index contributed by atoms with van der Waals surface area (Å²) in [6.07, 6.45) is 4.71. The van der Waals surface area contributed by atoms with Gasteiger partial charge < -0.3 is 19.5 Å². The van der Waals surface area contributed by atoms with Crippen molar-refractivity contribution in [2.75, 3.05) is 13.4 Å². The van der Waals surface area contributed by atoms with Gasteiger partial charge in [0.1, 0.15) is 5.75 Å². The molecule has 1 fully saturated rings. The van der Waals surface area contributed by atoms with Gasteiger partial charge >= 0.3 is 0 Å². The molecule has 1 aliphatic heterocycles.